The summed E-state index contributed by atoms with van der Waals surface area (Å²) in [4.78, 5) is 31.3. The van der Waals surface area contributed by atoms with Gasteiger partial charge in [-0.2, -0.15) is 0 Å². The van der Waals surface area contributed by atoms with Crippen molar-refractivity contribution in [1.29, 1.82) is 0 Å². The van der Waals surface area contributed by atoms with Crippen molar-refractivity contribution in [3.05, 3.63) is 112 Å². The monoisotopic (exact) mass is 558 g/mol. The Morgan fingerprint density at radius 1 is 1.08 bits per heavy atom. The zero-order valence-electron chi connectivity index (χ0n) is 18.9. The molecule has 0 aliphatic carbocycles. The molecule has 1 aliphatic rings. The van der Waals surface area contributed by atoms with Gasteiger partial charge in [0.2, 0.25) is 0 Å². The maximum absolute atomic E-state index is 13.6. The van der Waals surface area contributed by atoms with E-state index in [0.29, 0.717) is 52.7 Å². The standard InChI is InChI=1S/C26H17Cl3N2O4S/c1-13-22(25(33)34-2)23(14-3-5-15(27)6-4-14)31-24(32)21(36-26(31)30-13)12-17-8-10-20(35-17)18-9-7-16(28)11-19(18)29/h3-12,23H,1-2H3/b21-12+/t23-/m0/s1. The molecule has 4 aromatic rings. The minimum atomic E-state index is -0.715. The van der Waals surface area contributed by atoms with Gasteiger partial charge in [0.15, 0.2) is 4.80 Å². The van der Waals surface area contributed by atoms with E-state index in [-0.39, 0.29) is 11.1 Å². The number of hydrogen-bond donors (Lipinski definition) is 0. The molecule has 1 atom stereocenters. The Morgan fingerprint density at radius 2 is 1.81 bits per heavy atom. The van der Waals surface area contributed by atoms with E-state index in [2.05, 4.69) is 4.99 Å². The van der Waals surface area contributed by atoms with Gasteiger partial charge in [0.25, 0.3) is 5.56 Å². The summed E-state index contributed by atoms with van der Waals surface area (Å²) in [6.07, 6.45) is 1.65. The van der Waals surface area contributed by atoms with Crippen LogP contribution in [0.4, 0.5) is 0 Å². The number of benzene rings is 2. The quantitative estimate of drug-likeness (QED) is 0.304. The van der Waals surface area contributed by atoms with E-state index >= 15 is 0 Å². The van der Waals surface area contributed by atoms with E-state index < -0.39 is 12.0 Å². The fourth-order valence-corrected chi connectivity index (χ4v) is 5.70. The van der Waals surface area contributed by atoms with Gasteiger partial charge in [-0.3, -0.25) is 9.36 Å². The van der Waals surface area contributed by atoms with Crippen molar-refractivity contribution in [3.8, 4) is 11.3 Å². The zero-order chi connectivity index (χ0) is 25.6. The average Bonchev–Trinajstić information content (AvgIpc) is 3.43. The lowest BCUT2D eigenvalue weighted by Crippen LogP contribution is -2.39. The molecule has 2 aromatic heterocycles. The lowest BCUT2D eigenvalue weighted by molar-refractivity contribution is -0.136. The van der Waals surface area contributed by atoms with Crippen LogP contribution in [0.15, 0.2) is 80.1 Å². The van der Waals surface area contributed by atoms with Crippen LogP contribution >= 0.6 is 46.1 Å². The van der Waals surface area contributed by atoms with Crippen molar-refractivity contribution in [2.24, 2.45) is 4.99 Å². The van der Waals surface area contributed by atoms with Gasteiger partial charge in [-0.05, 0) is 55.0 Å². The maximum Gasteiger partial charge on any atom is 0.338 e. The van der Waals surface area contributed by atoms with Crippen LogP contribution in [0.2, 0.25) is 15.1 Å². The van der Waals surface area contributed by atoms with Crippen molar-refractivity contribution in [3.63, 3.8) is 0 Å². The molecular formula is C26H17Cl3N2O4S. The van der Waals surface area contributed by atoms with Gasteiger partial charge >= 0.3 is 5.97 Å². The van der Waals surface area contributed by atoms with Gasteiger partial charge in [-0.15, -0.1) is 0 Å². The number of carbonyl (C=O) groups is 1. The highest BCUT2D eigenvalue weighted by Gasteiger charge is 2.33. The summed E-state index contributed by atoms with van der Waals surface area (Å²) in [6, 6.07) is 14.9. The fourth-order valence-electron chi connectivity index (χ4n) is 4.05. The zero-order valence-corrected chi connectivity index (χ0v) is 22.0. The summed E-state index contributed by atoms with van der Waals surface area (Å²) < 4.78 is 12.9. The first-order valence-corrected chi connectivity index (χ1v) is 12.6. The van der Waals surface area contributed by atoms with Crippen molar-refractivity contribution >= 4 is 58.2 Å². The van der Waals surface area contributed by atoms with Crippen LogP contribution < -0.4 is 14.9 Å². The Hall–Kier alpha value is -3.10. The topological polar surface area (TPSA) is 73.8 Å². The minimum absolute atomic E-state index is 0.288. The molecule has 10 heteroatoms. The first kappa shape index (κ1) is 24.6. The number of furan rings is 1. The number of aromatic nitrogens is 1. The largest absolute Gasteiger partial charge is 0.466 e. The number of hydrogen-bond acceptors (Lipinski definition) is 6. The Balaban J connectivity index is 1.64. The number of allylic oxidation sites excluding steroid dienone is 1. The van der Waals surface area contributed by atoms with Crippen molar-refractivity contribution in [2.45, 2.75) is 13.0 Å². The Bertz CT molecular complexity index is 1710. The molecule has 0 saturated heterocycles. The highest BCUT2D eigenvalue weighted by atomic mass is 35.5. The normalized spacial score (nSPS) is 15.6. The number of methoxy groups -OCH3 is 1. The lowest BCUT2D eigenvalue weighted by atomic mass is 9.96. The molecular weight excluding hydrogens is 543 g/mol. The predicted molar refractivity (Wildman–Crippen MR) is 141 cm³/mol. The SMILES string of the molecule is COC(=O)C1=C(C)N=c2s/c(=C/c3ccc(-c4ccc(Cl)cc4Cl)o3)c(=O)n2[C@H]1c1ccc(Cl)cc1. The second kappa shape index (κ2) is 9.75. The van der Waals surface area contributed by atoms with Gasteiger partial charge in [-0.25, -0.2) is 9.79 Å². The Kier molecular flexibility index (Phi) is 6.66. The van der Waals surface area contributed by atoms with Gasteiger partial charge in [-0.1, -0.05) is 58.3 Å². The maximum atomic E-state index is 13.6. The first-order chi connectivity index (χ1) is 17.3. The molecule has 36 heavy (non-hydrogen) atoms. The third kappa shape index (κ3) is 4.44. The van der Waals surface area contributed by atoms with Gasteiger partial charge in [0.1, 0.15) is 11.5 Å². The molecule has 1 aliphatic heterocycles. The van der Waals surface area contributed by atoms with Crippen LogP contribution in [0.1, 0.15) is 24.3 Å². The van der Waals surface area contributed by atoms with Crippen LogP contribution in [0.5, 0.6) is 0 Å². The summed E-state index contributed by atoms with van der Waals surface area (Å²) in [5.41, 5.74) is 1.85. The van der Waals surface area contributed by atoms with Crippen LogP contribution in [0.3, 0.4) is 0 Å². The second-order valence-electron chi connectivity index (χ2n) is 7.95. The third-order valence-electron chi connectivity index (χ3n) is 5.71. The number of ether oxygens (including phenoxy) is 1. The molecule has 6 nitrogen and oxygen atoms in total. The predicted octanol–water partition coefficient (Wildman–Crippen LogP) is 5.63. The number of fused-ring (bicyclic) bond motifs is 1. The van der Waals surface area contributed by atoms with E-state index in [4.69, 9.17) is 44.0 Å². The highest BCUT2D eigenvalue weighted by Crippen LogP contribution is 2.33. The van der Waals surface area contributed by atoms with E-state index in [9.17, 15) is 9.59 Å². The van der Waals surface area contributed by atoms with Gasteiger partial charge in [0, 0.05) is 21.7 Å². The Morgan fingerprint density at radius 3 is 2.50 bits per heavy atom. The van der Waals surface area contributed by atoms with Crippen LogP contribution in [-0.2, 0) is 9.53 Å². The van der Waals surface area contributed by atoms with Crippen LogP contribution in [0, 0.1) is 0 Å². The molecule has 3 heterocycles. The highest BCUT2D eigenvalue weighted by molar-refractivity contribution is 7.07. The summed E-state index contributed by atoms with van der Waals surface area (Å²) in [5.74, 6) is 0.452. The average molecular weight is 560 g/mol. The van der Waals surface area contributed by atoms with Gasteiger partial charge in [0.05, 0.1) is 34.0 Å². The first-order valence-electron chi connectivity index (χ1n) is 10.7. The summed E-state index contributed by atoms with van der Waals surface area (Å²) in [7, 11) is 1.30. The van der Waals surface area contributed by atoms with Gasteiger partial charge < -0.3 is 9.15 Å². The molecule has 0 radical (unpaired) electrons. The molecule has 0 saturated carbocycles. The van der Waals surface area contributed by atoms with E-state index in [1.54, 1.807) is 67.6 Å². The van der Waals surface area contributed by atoms with Crippen molar-refractivity contribution < 1.29 is 13.9 Å². The van der Waals surface area contributed by atoms with Crippen molar-refractivity contribution in [2.75, 3.05) is 7.11 Å². The molecule has 182 valence electrons. The lowest BCUT2D eigenvalue weighted by Gasteiger charge is -2.24. The number of rotatable bonds is 4. The number of nitrogens with zero attached hydrogens (tertiary/aromatic N) is 2. The minimum Gasteiger partial charge on any atom is -0.466 e. The smallest absolute Gasteiger partial charge is 0.338 e. The van der Waals surface area contributed by atoms with E-state index in [1.165, 1.54) is 23.0 Å². The molecule has 0 amide bonds. The molecule has 2 aromatic carbocycles. The number of carbonyl (C=O) groups excluding carboxylic acids is 1. The summed E-state index contributed by atoms with van der Waals surface area (Å²) in [6.45, 7) is 1.72. The Labute approximate surface area is 224 Å². The number of halogens is 3. The van der Waals surface area contributed by atoms with Crippen molar-refractivity contribution in [1.82, 2.24) is 4.57 Å². The third-order valence-corrected chi connectivity index (χ3v) is 7.49. The van der Waals surface area contributed by atoms with E-state index in [1.807, 2.05) is 0 Å². The second-order valence-corrected chi connectivity index (χ2v) is 10.2. The number of esters is 1. The molecule has 0 fully saturated rings. The molecule has 0 spiro atoms. The number of thiazole rings is 1. The molecule has 0 N–H and O–H groups in total. The van der Waals surface area contributed by atoms with E-state index in [0.717, 1.165) is 0 Å². The van der Waals surface area contributed by atoms with Crippen LogP contribution in [-0.4, -0.2) is 17.6 Å². The summed E-state index contributed by atoms with van der Waals surface area (Å²) >= 11 is 19.6. The molecule has 0 unspecified atom stereocenters. The molecule has 0 bridgehead atoms. The summed E-state index contributed by atoms with van der Waals surface area (Å²) in [5, 5.41) is 1.52. The molecule has 5 rings (SSSR count). The fraction of sp³-hybridized carbons (Fsp3) is 0.115. The van der Waals surface area contributed by atoms with Crippen LogP contribution in [0.25, 0.3) is 17.4 Å².